The van der Waals surface area contributed by atoms with Crippen LogP contribution in [0.15, 0.2) is 58.6 Å². The summed E-state index contributed by atoms with van der Waals surface area (Å²) in [7, 11) is 0. The standard InChI is InChI=1S/C23H26N4O2S/c1-3-5-10-15-29-19-14-9-7-12-17(19)21-24-18-13-8-6-11-16(18)20-22(28)25-23(30-4-2)26-27(20)21/h6-9,11-14,21H,3-5,10,15H2,1-2H3,(H,25,26,28). The number of benzene rings is 2. The summed E-state index contributed by atoms with van der Waals surface area (Å²) in [5.41, 5.74) is 1.42. The van der Waals surface area contributed by atoms with E-state index in [0.717, 1.165) is 46.9 Å². The first-order valence-corrected chi connectivity index (χ1v) is 11.4. The number of unbranched alkanes of at least 4 members (excludes halogenated alkanes) is 2. The van der Waals surface area contributed by atoms with E-state index in [2.05, 4.69) is 12.2 Å². The molecule has 0 saturated carbocycles. The fraction of sp³-hybridized carbons (Fsp3) is 0.348. The van der Waals surface area contributed by atoms with Gasteiger partial charge in [0.05, 0.1) is 12.0 Å². The Morgan fingerprint density at radius 2 is 1.90 bits per heavy atom. The van der Waals surface area contributed by atoms with Gasteiger partial charge in [0.25, 0.3) is 5.91 Å². The van der Waals surface area contributed by atoms with Crippen molar-refractivity contribution >= 4 is 28.5 Å². The Morgan fingerprint density at radius 3 is 2.73 bits per heavy atom. The fourth-order valence-electron chi connectivity index (χ4n) is 3.59. The van der Waals surface area contributed by atoms with Crippen LogP contribution >= 0.6 is 11.8 Å². The summed E-state index contributed by atoms with van der Waals surface area (Å²) in [6.45, 7) is 4.87. The Morgan fingerprint density at radius 1 is 1.10 bits per heavy atom. The number of carbonyl (C=O) groups excluding carboxylic acids is 1. The first-order valence-electron chi connectivity index (χ1n) is 10.4. The van der Waals surface area contributed by atoms with Crippen molar-refractivity contribution in [2.45, 2.75) is 39.3 Å². The molecular weight excluding hydrogens is 396 g/mol. The second kappa shape index (κ2) is 9.34. The lowest BCUT2D eigenvalue weighted by Gasteiger charge is -2.34. The summed E-state index contributed by atoms with van der Waals surface area (Å²) < 4.78 is 6.11. The average Bonchev–Trinajstić information content (AvgIpc) is 2.76. The molecule has 4 rings (SSSR count). The number of amides is 1. The zero-order valence-electron chi connectivity index (χ0n) is 17.3. The first-order chi connectivity index (χ1) is 14.7. The molecule has 2 aliphatic rings. The maximum atomic E-state index is 13.0. The third-order valence-electron chi connectivity index (χ3n) is 5.00. The van der Waals surface area contributed by atoms with Crippen molar-refractivity contribution in [2.75, 3.05) is 12.4 Å². The predicted octanol–water partition coefficient (Wildman–Crippen LogP) is 3.15. The molecule has 0 fully saturated rings. The number of hydrazone groups is 1. The van der Waals surface area contributed by atoms with Gasteiger partial charge in [-0.15, -0.1) is 5.10 Å². The minimum atomic E-state index is -0.462. The highest BCUT2D eigenvalue weighted by atomic mass is 32.2. The molecule has 6 nitrogen and oxygen atoms in total. The minimum Gasteiger partial charge on any atom is -0.493 e. The first kappa shape index (κ1) is 20.5. The topological polar surface area (TPSA) is 66.3 Å². The quantitative estimate of drug-likeness (QED) is 0.696. The highest BCUT2D eigenvalue weighted by Gasteiger charge is 2.35. The molecule has 0 radical (unpaired) electrons. The number of para-hydroxylation sites is 2. The molecule has 156 valence electrons. The lowest BCUT2D eigenvalue weighted by atomic mass is 10.1. The van der Waals surface area contributed by atoms with Crippen LogP contribution in [0.2, 0.25) is 0 Å². The molecule has 0 bridgehead atoms. The van der Waals surface area contributed by atoms with E-state index in [0.29, 0.717) is 17.5 Å². The maximum Gasteiger partial charge on any atom is 0.276 e. The van der Waals surface area contributed by atoms with Gasteiger partial charge in [0.2, 0.25) is 0 Å². The van der Waals surface area contributed by atoms with Gasteiger partial charge in [-0.25, -0.2) is 5.01 Å². The zero-order chi connectivity index (χ0) is 20.9. The van der Waals surface area contributed by atoms with Crippen molar-refractivity contribution in [1.29, 1.82) is 0 Å². The highest BCUT2D eigenvalue weighted by molar-refractivity contribution is 8.13. The Balaban J connectivity index is 1.80. The molecule has 2 heterocycles. The van der Waals surface area contributed by atoms with Crippen LogP contribution in [-0.4, -0.2) is 28.4 Å². The number of ether oxygens (including phenoxy) is 1. The fourth-order valence-corrected chi connectivity index (χ4v) is 4.18. The number of hydrogen-bond donors (Lipinski definition) is 1. The molecule has 0 spiro atoms. The second-order valence-electron chi connectivity index (χ2n) is 7.10. The number of hydrogen-bond acceptors (Lipinski definition) is 6. The van der Waals surface area contributed by atoms with Gasteiger partial charge in [0.15, 0.2) is 11.3 Å². The van der Waals surface area contributed by atoms with Crippen molar-refractivity contribution < 1.29 is 9.53 Å². The molecule has 0 aromatic heterocycles. The summed E-state index contributed by atoms with van der Waals surface area (Å²) >= 11 is 1.50. The molecule has 1 unspecified atom stereocenters. The van der Waals surface area contributed by atoms with Gasteiger partial charge < -0.3 is 4.74 Å². The molecule has 1 amide bonds. The Labute approximate surface area is 180 Å². The van der Waals surface area contributed by atoms with Crippen LogP contribution in [0.3, 0.4) is 0 Å². The number of carbonyl (C=O) groups is 1. The predicted molar refractivity (Wildman–Crippen MR) is 120 cm³/mol. The Kier molecular flexibility index (Phi) is 6.38. The van der Waals surface area contributed by atoms with E-state index >= 15 is 0 Å². The van der Waals surface area contributed by atoms with Crippen LogP contribution in [0.25, 0.3) is 5.70 Å². The minimum absolute atomic E-state index is 0.158. The molecule has 1 atom stereocenters. The van der Waals surface area contributed by atoms with Gasteiger partial charge in [-0.3, -0.25) is 15.1 Å². The number of nitrogens with one attached hydrogen (secondary N) is 1. The lowest BCUT2D eigenvalue weighted by Crippen LogP contribution is -2.50. The number of thioether (sulfide) groups is 1. The van der Waals surface area contributed by atoms with Gasteiger partial charge in [-0.2, -0.15) is 0 Å². The van der Waals surface area contributed by atoms with Gasteiger partial charge in [0.1, 0.15) is 11.4 Å². The monoisotopic (exact) mass is 422 g/mol. The lowest BCUT2D eigenvalue weighted by molar-refractivity contribution is -0.116. The Hall–Kier alpha value is -2.80. The van der Waals surface area contributed by atoms with E-state index in [4.69, 9.17) is 14.8 Å². The van der Waals surface area contributed by atoms with Crippen molar-refractivity contribution in [3.63, 3.8) is 0 Å². The third kappa shape index (κ3) is 4.07. The third-order valence-corrected chi connectivity index (χ3v) is 5.74. The smallest absolute Gasteiger partial charge is 0.276 e. The molecule has 2 aliphatic heterocycles. The average molecular weight is 423 g/mol. The molecule has 7 heteroatoms. The van der Waals surface area contributed by atoms with Crippen LogP contribution in [0.1, 0.15) is 44.8 Å². The van der Waals surface area contributed by atoms with E-state index in [1.54, 1.807) is 5.01 Å². The van der Waals surface area contributed by atoms with Crippen LogP contribution in [0.4, 0.5) is 0 Å². The van der Waals surface area contributed by atoms with Gasteiger partial charge in [-0.1, -0.05) is 74.8 Å². The van der Waals surface area contributed by atoms with Gasteiger partial charge in [0, 0.05) is 10.8 Å². The number of amidine groups is 1. The summed E-state index contributed by atoms with van der Waals surface area (Å²) in [4.78, 5) is 18.0. The summed E-state index contributed by atoms with van der Waals surface area (Å²) in [5.74, 6) is 1.44. The van der Waals surface area contributed by atoms with Crippen molar-refractivity contribution in [3.8, 4) is 5.75 Å². The molecule has 30 heavy (non-hydrogen) atoms. The normalized spacial score (nSPS) is 17.5. The summed E-state index contributed by atoms with van der Waals surface area (Å²) in [6, 6.07) is 15.6. The van der Waals surface area contributed by atoms with E-state index in [9.17, 15) is 4.79 Å². The van der Waals surface area contributed by atoms with E-state index < -0.39 is 6.17 Å². The highest BCUT2D eigenvalue weighted by Crippen LogP contribution is 2.35. The van der Waals surface area contributed by atoms with Crippen LogP contribution in [0, 0.1) is 0 Å². The zero-order valence-corrected chi connectivity index (χ0v) is 18.1. The van der Waals surface area contributed by atoms with Crippen molar-refractivity contribution in [3.05, 3.63) is 64.7 Å². The number of rotatable bonds is 7. The summed E-state index contributed by atoms with van der Waals surface area (Å²) in [6.07, 6.45) is 2.83. The molecule has 1 N–H and O–H groups in total. The van der Waals surface area contributed by atoms with Crippen LogP contribution < -0.4 is 20.6 Å². The number of fused-ring (bicyclic) bond motifs is 2. The van der Waals surface area contributed by atoms with Gasteiger partial charge in [-0.05, 0) is 24.3 Å². The molecular formula is C23H26N4O2S. The van der Waals surface area contributed by atoms with Crippen LogP contribution in [0.5, 0.6) is 5.75 Å². The van der Waals surface area contributed by atoms with Crippen LogP contribution in [-0.2, 0) is 4.79 Å². The number of nitrogens with zero attached hydrogens (tertiary/aromatic N) is 3. The molecule has 2 aromatic carbocycles. The SMILES string of the molecule is CCCCCOc1ccccc1C1N=c2ccccc2=C2C(=O)NC(SCC)=NN21. The molecule has 0 saturated heterocycles. The van der Waals surface area contributed by atoms with E-state index in [1.807, 2.05) is 55.5 Å². The van der Waals surface area contributed by atoms with Crippen molar-refractivity contribution in [2.24, 2.45) is 10.1 Å². The van der Waals surface area contributed by atoms with Gasteiger partial charge >= 0.3 is 0 Å². The van der Waals surface area contributed by atoms with E-state index in [-0.39, 0.29) is 5.91 Å². The largest absolute Gasteiger partial charge is 0.493 e. The molecule has 2 aromatic rings. The van der Waals surface area contributed by atoms with Crippen molar-refractivity contribution in [1.82, 2.24) is 10.3 Å². The Bertz CT molecular complexity index is 1080. The second-order valence-corrected chi connectivity index (χ2v) is 8.35. The maximum absolute atomic E-state index is 13.0. The molecule has 0 aliphatic carbocycles. The van der Waals surface area contributed by atoms with E-state index in [1.165, 1.54) is 11.8 Å². The summed E-state index contributed by atoms with van der Waals surface area (Å²) in [5, 5.41) is 11.6.